The fourth-order valence-electron chi connectivity index (χ4n) is 2.51. The topological polar surface area (TPSA) is 63.4 Å². The molecule has 0 radical (unpaired) electrons. The highest BCUT2D eigenvalue weighted by atomic mass is 35.5. The molecule has 4 nitrogen and oxygen atoms in total. The predicted molar refractivity (Wildman–Crippen MR) is 107 cm³/mol. The van der Waals surface area contributed by atoms with E-state index < -0.39 is 5.91 Å². The molecule has 126 valence electrons. The van der Waals surface area contributed by atoms with E-state index in [1.165, 1.54) is 16.7 Å². The van der Waals surface area contributed by atoms with Gasteiger partial charge in [-0.15, -0.1) is 0 Å². The number of primary amides is 1. The molecule has 0 unspecified atom stereocenters. The second-order valence-electron chi connectivity index (χ2n) is 5.35. The lowest BCUT2D eigenvalue weighted by molar-refractivity contribution is -0.113. The Morgan fingerprint density at radius 1 is 1.16 bits per heavy atom. The molecule has 25 heavy (non-hydrogen) atoms. The lowest BCUT2D eigenvalue weighted by Crippen LogP contribution is -2.30. The number of hydrogen-bond donors (Lipinski definition) is 1. The Kier molecular flexibility index (Phi) is 4.94. The van der Waals surface area contributed by atoms with Crippen molar-refractivity contribution >= 4 is 63.0 Å². The summed E-state index contributed by atoms with van der Waals surface area (Å²) in [5.41, 5.74) is 7.76. The number of allylic oxidation sites excluding steroid dienone is 1. The van der Waals surface area contributed by atoms with Crippen molar-refractivity contribution in [1.29, 1.82) is 0 Å². The zero-order chi connectivity index (χ0) is 18.1. The lowest BCUT2D eigenvalue weighted by Gasteiger charge is -2.17. The molecule has 2 amide bonds. The maximum Gasteiger partial charge on any atom is 0.271 e. The molecule has 0 spiro atoms. The van der Waals surface area contributed by atoms with Crippen LogP contribution in [0.25, 0.3) is 5.57 Å². The molecule has 2 N–H and O–H groups in total. The number of carbonyl (C=O) groups is 2. The van der Waals surface area contributed by atoms with E-state index in [1.54, 1.807) is 36.4 Å². The molecule has 2 aromatic carbocycles. The Balaban J connectivity index is 2.05. The van der Waals surface area contributed by atoms with Crippen LogP contribution in [0, 0.1) is 0 Å². The molecule has 1 aliphatic rings. The fraction of sp³-hybridized carbons (Fsp3) is 0.0556. The molecule has 0 atom stereocenters. The van der Waals surface area contributed by atoms with Crippen LogP contribution < -0.4 is 10.6 Å². The van der Waals surface area contributed by atoms with Gasteiger partial charge < -0.3 is 5.73 Å². The summed E-state index contributed by atoms with van der Waals surface area (Å²) in [7, 11) is 0. The third kappa shape index (κ3) is 3.33. The summed E-state index contributed by atoms with van der Waals surface area (Å²) in [6.07, 6.45) is 0. The van der Waals surface area contributed by atoms with Gasteiger partial charge in [0.15, 0.2) is 4.32 Å². The Bertz CT molecular complexity index is 923. The number of thioether (sulfide) groups is 1. The maximum atomic E-state index is 13.0. The van der Waals surface area contributed by atoms with Crippen molar-refractivity contribution in [1.82, 2.24) is 0 Å². The third-order valence-corrected chi connectivity index (χ3v) is 5.52. The molecule has 1 saturated heterocycles. The first kappa shape index (κ1) is 17.7. The monoisotopic (exact) mass is 388 g/mol. The normalized spacial score (nSPS) is 16.3. The first-order valence-electron chi connectivity index (χ1n) is 7.32. The van der Waals surface area contributed by atoms with E-state index in [9.17, 15) is 9.59 Å². The average Bonchev–Trinajstić information content (AvgIpc) is 2.89. The first-order valence-corrected chi connectivity index (χ1v) is 8.92. The maximum absolute atomic E-state index is 13.0. The minimum absolute atomic E-state index is 0.254. The molecule has 0 aliphatic carbocycles. The summed E-state index contributed by atoms with van der Waals surface area (Å²) >= 11 is 12.5. The number of anilines is 1. The lowest BCUT2D eigenvalue weighted by atomic mass is 10.1. The number of para-hydroxylation sites is 1. The van der Waals surface area contributed by atoms with Crippen LogP contribution in [0.2, 0.25) is 5.02 Å². The van der Waals surface area contributed by atoms with Crippen molar-refractivity contribution < 1.29 is 9.59 Å². The first-order chi connectivity index (χ1) is 11.9. The molecule has 1 aliphatic heterocycles. The van der Waals surface area contributed by atoms with Gasteiger partial charge in [-0.2, -0.15) is 0 Å². The molecule has 7 heteroatoms. The number of halogens is 1. The number of hydrogen-bond acceptors (Lipinski definition) is 4. The van der Waals surface area contributed by atoms with Gasteiger partial charge in [-0.1, -0.05) is 59.8 Å². The predicted octanol–water partition coefficient (Wildman–Crippen LogP) is 4.23. The number of nitrogens with zero attached hydrogens (tertiary/aromatic N) is 1. The number of amides is 2. The van der Waals surface area contributed by atoms with Crippen molar-refractivity contribution in [3.05, 3.63) is 69.6 Å². The minimum atomic E-state index is -0.608. The SMILES string of the molecule is C/C(=C1/SC(=S)N(c2ccccc2C(N)=O)C1=O)c1ccc(Cl)cc1. The quantitative estimate of drug-likeness (QED) is 0.631. The Labute approximate surface area is 159 Å². The van der Waals surface area contributed by atoms with Gasteiger partial charge in [0.05, 0.1) is 16.2 Å². The highest BCUT2D eigenvalue weighted by Gasteiger charge is 2.36. The number of nitrogens with two attached hydrogens (primary N) is 1. The van der Waals surface area contributed by atoms with Crippen LogP contribution in [-0.2, 0) is 4.79 Å². The minimum Gasteiger partial charge on any atom is -0.366 e. The fourth-order valence-corrected chi connectivity index (χ4v) is 3.97. The van der Waals surface area contributed by atoms with Crippen LogP contribution in [-0.4, -0.2) is 16.1 Å². The summed E-state index contributed by atoms with van der Waals surface area (Å²) in [5.74, 6) is -0.876. The Morgan fingerprint density at radius 2 is 1.80 bits per heavy atom. The van der Waals surface area contributed by atoms with Crippen molar-refractivity contribution in [3.63, 3.8) is 0 Å². The standard InChI is InChI=1S/C18H13ClN2O2S2/c1-10(11-6-8-12(19)9-7-11)15-17(23)21(18(24)25-15)14-5-3-2-4-13(14)16(20)22/h2-9H,1H3,(H2,20,22)/b15-10-. The van der Waals surface area contributed by atoms with Gasteiger partial charge in [0, 0.05) is 5.02 Å². The molecule has 0 aromatic heterocycles. The zero-order valence-corrected chi connectivity index (χ0v) is 15.5. The largest absolute Gasteiger partial charge is 0.366 e. The zero-order valence-electron chi connectivity index (χ0n) is 13.2. The average molecular weight is 389 g/mol. The van der Waals surface area contributed by atoms with E-state index in [1.807, 2.05) is 19.1 Å². The van der Waals surface area contributed by atoms with Crippen LogP contribution >= 0.6 is 35.6 Å². The van der Waals surface area contributed by atoms with E-state index in [4.69, 9.17) is 29.6 Å². The number of rotatable bonds is 3. The van der Waals surface area contributed by atoms with Crippen molar-refractivity contribution in [2.45, 2.75) is 6.92 Å². The second kappa shape index (κ2) is 7.00. The number of carbonyl (C=O) groups excluding carboxylic acids is 2. The molecular weight excluding hydrogens is 376 g/mol. The van der Waals surface area contributed by atoms with Crippen LogP contribution in [0.3, 0.4) is 0 Å². The van der Waals surface area contributed by atoms with E-state index >= 15 is 0 Å². The second-order valence-corrected chi connectivity index (χ2v) is 7.43. The van der Waals surface area contributed by atoms with Crippen LogP contribution in [0.5, 0.6) is 0 Å². The van der Waals surface area contributed by atoms with E-state index in [0.717, 1.165) is 11.1 Å². The summed E-state index contributed by atoms with van der Waals surface area (Å²) < 4.78 is 0.363. The van der Waals surface area contributed by atoms with Crippen LogP contribution in [0.4, 0.5) is 5.69 Å². The Morgan fingerprint density at radius 3 is 2.44 bits per heavy atom. The molecule has 0 bridgehead atoms. The van der Waals surface area contributed by atoms with Gasteiger partial charge in [0.25, 0.3) is 11.8 Å². The van der Waals surface area contributed by atoms with Crippen LogP contribution in [0.15, 0.2) is 53.4 Å². The van der Waals surface area contributed by atoms with Gasteiger partial charge in [-0.05, 0) is 42.3 Å². The highest BCUT2D eigenvalue weighted by Crippen LogP contribution is 2.40. The summed E-state index contributed by atoms with van der Waals surface area (Å²) in [5, 5.41) is 0.625. The van der Waals surface area contributed by atoms with Crippen molar-refractivity contribution in [2.24, 2.45) is 5.73 Å². The number of benzene rings is 2. The number of thiocarbonyl (C=S) groups is 1. The third-order valence-electron chi connectivity index (χ3n) is 3.80. The van der Waals surface area contributed by atoms with E-state index in [0.29, 0.717) is 19.9 Å². The molecule has 2 aromatic rings. The summed E-state index contributed by atoms with van der Waals surface area (Å²) in [6, 6.07) is 13.9. The van der Waals surface area contributed by atoms with E-state index in [2.05, 4.69) is 0 Å². The van der Waals surface area contributed by atoms with Gasteiger partial charge in [-0.3, -0.25) is 14.5 Å². The van der Waals surface area contributed by atoms with Gasteiger partial charge in [0.2, 0.25) is 0 Å². The molecule has 1 fully saturated rings. The van der Waals surface area contributed by atoms with Gasteiger partial charge in [0.1, 0.15) is 0 Å². The van der Waals surface area contributed by atoms with E-state index in [-0.39, 0.29) is 11.5 Å². The van der Waals surface area contributed by atoms with Crippen LogP contribution in [0.1, 0.15) is 22.8 Å². The molecular formula is C18H13ClN2O2S2. The van der Waals surface area contributed by atoms with Crippen molar-refractivity contribution in [3.8, 4) is 0 Å². The van der Waals surface area contributed by atoms with Crippen molar-refractivity contribution in [2.75, 3.05) is 4.90 Å². The summed E-state index contributed by atoms with van der Waals surface area (Å²) in [6.45, 7) is 1.86. The Hall–Kier alpha value is -2.15. The molecule has 1 heterocycles. The smallest absolute Gasteiger partial charge is 0.271 e. The van der Waals surface area contributed by atoms with Gasteiger partial charge >= 0.3 is 0 Å². The molecule has 3 rings (SSSR count). The van der Waals surface area contributed by atoms with Gasteiger partial charge in [-0.25, -0.2) is 0 Å². The molecule has 0 saturated carbocycles. The highest BCUT2D eigenvalue weighted by molar-refractivity contribution is 8.27. The summed E-state index contributed by atoms with van der Waals surface area (Å²) in [4.78, 5) is 26.5.